The van der Waals surface area contributed by atoms with Crippen molar-refractivity contribution in [2.45, 2.75) is 23.6 Å². The molecule has 18 heavy (non-hydrogen) atoms. The molecule has 0 bridgehead atoms. The van der Waals surface area contributed by atoms with Crippen LogP contribution >= 0.6 is 0 Å². The van der Waals surface area contributed by atoms with Gasteiger partial charge in [-0.2, -0.15) is 0 Å². The largest absolute Gasteiger partial charge is 0.388 e. The van der Waals surface area contributed by atoms with Crippen molar-refractivity contribution in [3.05, 3.63) is 53.6 Å². The lowest BCUT2D eigenvalue weighted by molar-refractivity contribution is 0.682. The van der Waals surface area contributed by atoms with Crippen LogP contribution in [0.1, 0.15) is 11.1 Å². The summed E-state index contributed by atoms with van der Waals surface area (Å²) in [4.78, 5) is 1.72. The van der Waals surface area contributed by atoms with Gasteiger partial charge in [0.1, 0.15) is 0 Å². The van der Waals surface area contributed by atoms with Gasteiger partial charge in [-0.15, -0.1) is 0 Å². The van der Waals surface area contributed by atoms with Crippen molar-refractivity contribution in [3.8, 4) is 0 Å². The van der Waals surface area contributed by atoms with Crippen molar-refractivity contribution in [2.24, 2.45) is 0 Å². The molecule has 0 radical (unpaired) electrons. The predicted octanol–water partition coefficient (Wildman–Crippen LogP) is 3.51. The van der Waals surface area contributed by atoms with E-state index in [1.165, 1.54) is 5.56 Å². The molecule has 0 aliphatic heterocycles. The van der Waals surface area contributed by atoms with Crippen LogP contribution in [-0.2, 0) is 10.8 Å². The predicted molar refractivity (Wildman–Crippen MR) is 76.6 cm³/mol. The van der Waals surface area contributed by atoms with Crippen molar-refractivity contribution in [1.29, 1.82) is 0 Å². The zero-order valence-corrected chi connectivity index (χ0v) is 11.7. The summed E-state index contributed by atoms with van der Waals surface area (Å²) in [7, 11) is 0.776. The quantitative estimate of drug-likeness (QED) is 0.914. The van der Waals surface area contributed by atoms with Gasteiger partial charge >= 0.3 is 0 Å². The van der Waals surface area contributed by atoms with Gasteiger partial charge < -0.3 is 5.32 Å². The molecule has 1 N–H and O–H groups in total. The van der Waals surface area contributed by atoms with Gasteiger partial charge in [0.2, 0.25) is 0 Å². The van der Waals surface area contributed by atoms with Gasteiger partial charge in [0, 0.05) is 22.5 Å². The molecule has 0 aliphatic carbocycles. The molecular weight excluding hydrogens is 242 g/mol. The first-order chi connectivity index (χ1) is 8.61. The molecule has 0 saturated heterocycles. The second kappa shape index (κ2) is 5.36. The summed E-state index contributed by atoms with van der Waals surface area (Å²) in [5.41, 5.74) is 3.26. The van der Waals surface area contributed by atoms with Crippen LogP contribution in [0.2, 0.25) is 0 Å². The van der Waals surface area contributed by atoms with E-state index in [2.05, 4.69) is 5.32 Å². The zero-order valence-electron chi connectivity index (χ0n) is 10.9. The Kier molecular flexibility index (Phi) is 3.82. The van der Waals surface area contributed by atoms with Gasteiger partial charge in [-0.05, 0) is 49.7 Å². The summed E-state index contributed by atoms with van der Waals surface area (Å²) in [6.45, 7) is 4.02. The minimum atomic E-state index is -1.10. The molecule has 0 heterocycles. The normalized spacial score (nSPS) is 12.2. The molecule has 1 atom stereocenters. The third-order valence-corrected chi connectivity index (χ3v) is 4.46. The van der Waals surface area contributed by atoms with E-state index in [1.54, 1.807) is 0 Å². The van der Waals surface area contributed by atoms with Gasteiger partial charge in [-0.1, -0.05) is 17.7 Å². The lowest BCUT2D eigenvalue weighted by Gasteiger charge is -2.08. The highest BCUT2D eigenvalue weighted by molar-refractivity contribution is 7.85. The SMILES string of the molecule is CNc1ccc(S(=O)c2ccc(C)cc2)c(C)c1. The van der Waals surface area contributed by atoms with Gasteiger partial charge in [0.05, 0.1) is 10.8 Å². The van der Waals surface area contributed by atoms with Crippen LogP contribution in [0.25, 0.3) is 0 Å². The second-order valence-corrected chi connectivity index (χ2v) is 5.76. The third kappa shape index (κ3) is 2.62. The fraction of sp³-hybridized carbons (Fsp3) is 0.200. The van der Waals surface area contributed by atoms with E-state index < -0.39 is 10.8 Å². The van der Waals surface area contributed by atoms with Crippen molar-refractivity contribution in [1.82, 2.24) is 0 Å². The smallest absolute Gasteiger partial charge is 0.0852 e. The molecule has 0 amide bonds. The van der Waals surface area contributed by atoms with E-state index in [9.17, 15) is 4.21 Å². The van der Waals surface area contributed by atoms with Crippen molar-refractivity contribution in [2.75, 3.05) is 12.4 Å². The molecule has 2 aromatic rings. The van der Waals surface area contributed by atoms with Crippen molar-refractivity contribution in [3.63, 3.8) is 0 Å². The Bertz CT molecular complexity index is 576. The number of benzene rings is 2. The highest BCUT2D eigenvalue weighted by atomic mass is 32.2. The van der Waals surface area contributed by atoms with E-state index in [1.807, 2.05) is 63.4 Å². The van der Waals surface area contributed by atoms with Gasteiger partial charge in [0.25, 0.3) is 0 Å². The Balaban J connectivity index is 2.37. The van der Waals surface area contributed by atoms with E-state index in [0.717, 1.165) is 21.0 Å². The topological polar surface area (TPSA) is 29.1 Å². The van der Waals surface area contributed by atoms with Crippen LogP contribution < -0.4 is 5.32 Å². The molecule has 94 valence electrons. The first kappa shape index (κ1) is 12.8. The summed E-state index contributed by atoms with van der Waals surface area (Å²) in [5.74, 6) is 0. The summed E-state index contributed by atoms with van der Waals surface area (Å²) >= 11 is 0. The van der Waals surface area contributed by atoms with E-state index in [-0.39, 0.29) is 0 Å². The first-order valence-electron chi connectivity index (χ1n) is 5.88. The Morgan fingerprint density at radius 2 is 1.67 bits per heavy atom. The minimum Gasteiger partial charge on any atom is -0.388 e. The van der Waals surface area contributed by atoms with Crippen LogP contribution in [0, 0.1) is 13.8 Å². The zero-order chi connectivity index (χ0) is 13.1. The van der Waals surface area contributed by atoms with Gasteiger partial charge in [0.15, 0.2) is 0 Å². The number of nitrogens with one attached hydrogen (secondary N) is 1. The lowest BCUT2D eigenvalue weighted by atomic mass is 10.2. The molecule has 0 fully saturated rings. The second-order valence-electron chi connectivity index (χ2n) is 4.31. The fourth-order valence-corrected chi connectivity index (χ4v) is 2.98. The number of anilines is 1. The lowest BCUT2D eigenvalue weighted by Crippen LogP contribution is -1.97. The molecule has 2 aromatic carbocycles. The maximum atomic E-state index is 12.5. The molecular formula is C15H17NOS. The summed E-state index contributed by atoms with van der Waals surface area (Å²) in [6.07, 6.45) is 0. The van der Waals surface area contributed by atoms with Crippen LogP contribution in [0.15, 0.2) is 52.3 Å². The van der Waals surface area contributed by atoms with Gasteiger partial charge in [-0.3, -0.25) is 0 Å². The van der Waals surface area contributed by atoms with Crippen molar-refractivity contribution >= 4 is 16.5 Å². The van der Waals surface area contributed by atoms with Crippen LogP contribution in [0.3, 0.4) is 0 Å². The van der Waals surface area contributed by atoms with E-state index >= 15 is 0 Å². The molecule has 0 saturated carbocycles. The minimum absolute atomic E-state index is 0.848. The third-order valence-electron chi connectivity index (χ3n) is 2.90. The Labute approximate surface area is 111 Å². The van der Waals surface area contributed by atoms with Crippen LogP contribution in [0.5, 0.6) is 0 Å². The molecule has 3 heteroatoms. The number of hydrogen-bond donors (Lipinski definition) is 1. The summed E-state index contributed by atoms with van der Waals surface area (Å²) in [6, 6.07) is 13.7. The first-order valence-corrected chi connectivity index (χ1v) is 7.03. The Morgan fingerprint density at radius 3 is 2.22 bits per heavy atom. The van der Waals surface area contributed by atoms with E-state index in [4.69, 9.17) is 0 Å². The average Bonchev–Trinajstić information content (AvgIpc) is 2.38. The maximum Gasteiger partial charge on any atom is 0.0852 e. The summed E-state index contributed by atoms with van der Waals surface area (Å²) < 4.78 is 12.5. The number of hydrogen-bond acceptors (Lipinski definition) is 2. The maximum absolute atomic E-state index is 12.5. The molecule has 0 aromatic heterocycles. The fourth-order valence-electron chi connectivity index (χ4n) is 1.80. The van der Waals surface area contributed by atoms with E-state index in [0.29, 0.717) is 0 Å². The highest BCUT2D eigenvalue weighted by Gasteiger charge is 2.10. The molecule has 0 spiro atoms. The highest BCUT2D eigenvalue weighted by Crippen LogP contribution is 2.22. The van der Waals surface area contributed by atoms with Gasteiger partial charge in [-0.25, -0.2) is 4.21 Å². The standard InChI is InChI=1S/C15H17NOS/c1-11-4-7-14(8-5-11)18(17)15-9-6-13(16-3)10-12(15)2/h4-10,16H,1-3H3. The molecule has 2 rings (SSSR count). The molecule has 2 nitrogen and oxygen atoms in total. The van der Waals surface area contributed by atoms with Crippen LogP contribution in [-0.4, -0.2) is 11.3 Å². The Morgan fingerprint density at radius 1 is 1.00 bits per heavy atom. The monoisotopic (exact) mass is 259 g/mol. The number of aryl methyl sites for hydroxylation is 2. The average molecular weight is 259 g/mol. The van der Waals surface area contributed by atoms with Crippen molar-refractivity contribution < 1.29 is 4.21 Å². The molecule has 0 aliphatic rings. The molecule has 1 unspecified atom stereocenters. The van der Waals surface area contributed by atoms with Crippen LogP contribution in [0.4, 0.5) is 5.69 Å². The summed E-state index contributed by atoms with van der Waals surface area (Å²) in [5, 5.41) is 3.08. The Hall–Kier alpha value is -1.61. The number of rotatable bonds is 3.